The van der Waals surface area contributed by atoms with Crippen molar-refractivity contribution in [2.75, 3.05) is 0 Å². The predicted molar refractivity (Wildman–Crippen MR) is 88.7 cm³/mol. The molecule has 0 fully saturated rings. The van der Waals surface area contributed by atoms with Gasteiger partial charge in [-0.05, 0) is 29.8 Å². The van der Waals surface area contributed by atoms with E-state index >= 15 is 0 Å². The van der Waals surface area contributed by atoms with Crippen LogP contribution in [0.25, 0.3) is 0 Å². The van der Waals surface area contributed by atoms with E-state index in [0.29, 0.717) is 5.56 Å². The Hall–Kier alpha value is -3.43. The van der Waals surface area contributed by atoms with E-state index in [2.05, 4.69) is 5.32 Å². The summed E-state index contributed by atoms with van der Waals surface area (Å²) in [6, 6.07) is 7.66. The predicted octanol–water partition coefficient (Wildman–Crippen LogP) is 2.44. The molecule has 0 heterocycles. The van der Waals surface area contributed by atoms with Gasteiger partial charge in [0, 0.05) is 24.1 Å². The van der Waals surface area contributed by atoms with Gasteiger partial charge in [0.05, 0.1) is 10.5 Å². The van der Waals surface area contributed by atoms with Gasteiger partial charge < -0.3 is 11.1 Å². The minimum Gasteiger partial charge on any atom is -0.368 e. The molecule has 2 aromatic carbocycles. The Kier molecular flexibility index (Phi) is 5.78. The molecule has 2 amide bonds. The molecule has 0 spiro atoms. The van der Waals surface area contributed by atoms with Crippen molar-refractivity contribution in [1.82, 2.24) is 5.32 Å². The van der Waals surface area contributed by atoms with E-state index in [1.165, 1.54) is 24.3 Å². The first-order valence-electron chi connectivity index (χ1n) is 7.58. The molecule has 142 valence electrons. The number of hydrogen-bond acceptors (Lipinski definition) is 4. The third kappa shape index (κ3) is 5.27. The molecule has 0 saturated carbocycles. The molecular formula is C17H14F3N3O4. The molecule has 10 heteroatoms. The number of nitrogens with one attached hydrogen (secondary N) is 1. The lowest BCUT2D eigenvalue weighted by Crippen LogP contribution is -2.45. The Morgan fingerprint density at radius 1 is 1.07 bits per heavy atom. The zero-order valence-electron chi connectivity index (χ0n) is 13.7. The molecule has 0 saturated heterocycles. The van der Waals surface area contributed by atoms with Crippen molar-refractivity contribution in [2.45, 2.75) is 18.6 Å². The monoisotopic (exact) mass is 381 g/mol. The van der Waals surface area contributed by atoms with Crippen LogP contribution in [-0.2, 0) is 17.4 Å². The van der Waals surface area contributed by atoms with Crippen LogP contribution in [0.4, 0.5) is 18.9 Å². The summed E-state index contributed by atoms with van der Waals surface area (Å²) in [6.45, 7) is 0. The zero-order valence-corrected chi connectivity index (χ0v) is 13.7. The van der Waals surface area contributed by atoms with Gasteiger partial charge in [0.1, 0.15) is 6.04 Å². The van der Waals surface area contributed by atoms with Crippen LogP contribution in [0, 0.1) is 10.1 Å². The van der Waals surface area contributed by atoms with Crippen molar-refractivity contribution in [2.24, 2.45) is 5.73 Å². The molecule has 0 aromatic heterocycles. The second-order valence-corrected chi connectivity index (χ2v) is 5.63. The fourth-order valence-corrected chi connectivity index (χ4v) is 2.26. The topological polar surface area (TPSA) is 115 Å². The van der Waals surface area contributed by atoms with Gasteiger partial charge in [0.2, 0.25) is 5.91 Å². The SMILES string of the molecule is NC(=O)[C@@H](Cc1ccc([N+](=O)[O-])cc1)NC(=O)c1ccc(C(F)(F)F)cc1. The molecule has 27 heavy (non-hydrogen) atoms. The first-order valence-corrected chi connectivity index (χ1v) is 7.58. The van der Waals surface area contributed by atoms with Crippen LogP contribution in [0.2, 0.25) is 0 Å². The first-order chi connectivity index (χ1) is 12.6. The number of carbonyl (C=O) groups is 2. The minimum atomic E-state index is -4.53. The standard InChI is InChI=1S/C17H14F3N3O4/c18-17(19,20)12-5-3-11(4-6-12)16(25)22-14(15(21)24)9-10-1-7-13(8-2-10)23(26)27/h1-8,14H,9H2,(H2,21,24)(H,22,25)/t14-/m1/s1. The van der Waals surface area contributed by atoms with Crippen LogP contribution in [0.5, 0.6) is 0 Å². The summed E-state index contributed by atoms with van der Waals surface area (Å²) in [5.74, 6) is -1.62. The summed E-state index contributed by atoms with van der Waals surface area (Å²) in [5.41, 5.74) is 4.66. The summed E-state index contributed by atoms with van der Waals surface area (Å²) in [7, 11) is 0. The first kappa shape index (κ1) is 19.9. The van der Waals surface area contributed by atoms with E-state index < -0.39 is 34.5 Å². The Morgan fingerprint density at radius 2 is 1.63 bits per heavy atom. The van der Waals surface area contributed by atoms with Crippen molar-refractivity contribution >= 4 is 17.5 Å². The van der Waals surface area contributed by atoms with Gasteiger partial charge in [-0.3, -0.25) is 19.7 Å². The van der Waals surface area contributed by atoms with E-state index in [4.69, 9.17) is 5.73 Å². The number of alkyl halides is 3. The summed E-state index contributed by atoms with van der Waals surface area (Å²) in [6.07, 6.45) is -4.56. The largest absolute Gasteiger partial charge is 0.416 e. The summed E-state index contributed by atoms with van der Waals surface area (Å²) >= 11 is 0. The number of hydrogen-bond donors (Lipinski definition) is 2. The van der Waals surface area contributed by atoms with Crippen molar-refractivity contribution < 1.29 is 27.7 Å². The number of nitrogens with zero attached hydrogens (tertiary/aromatic N) is 1. The van der Waals surface area contributed by atoms with Crippen LogP contribution in [0.3, 0.4) is 0 Å². The van der Waals surface area contributed by atoms with E-state index in [0.717, 1.165) is 24.3 Å². The highest BCUT2D eigenvalue weighted by molar-refractivity contribution is 5.97. The fourth-order valence-electron chi connectivity index (χ4n) is 2.26. The maximum atomic E-state index is 12.6. The van der Waals surface area contributed by atoms with Crippen molar-refractivity contribution in [3.05, 3.63) is 75.3 Å². The molecule has 0 aliphatic heterocycles. The molecule has 2 rings (SSSR count). The smallest absolute Gasteiger partial charge is 0.368 e. The summed E-state index contributed by atoms with van der Waals surface area (Å²) in [5, 5.41) is 13.0. The quantitative estimate of drug-likeness (QED) is 0.591. The molecular weight excluding hydrogens is 367 g/mol. The van der Waals surface area contributed by atoms with E-state index in [1.54, 1.807) is 0 Å². The molecule has 0 aliphatic rings. The number of nitrogens with two attached hydrogens (primary N) is 1. The van der Waals surface area contributed by atoms with Gasteiger partial charge in [-0.1, -0.05) is 12.1 Å². The van der Waals surface area contributed by atoms with Crippen LogP contribution < -0.4 is 11.1 Å². The number of nitro groups is 1. The number of amides is 2. The molecule has 3 N–H and O–H groups in total. The van der Waals surface area contributed by atoms with Crippen LogP contribution >= 0.6 is 0 Å². The second-order valence-electron chi connectivity index (χ2n) is 5.63. The maximum Gasteiger partial charge on any atom is 0.416 e. The van der Waals surface area contributed by atoms with Crippen LogP contribution in [0.15, 0.2) is 48.5 Å². The average Bonchev–Trinajstić information content (AvgIpc) is 2.60. The average molecular weight is 381 g/mol. The van der Waals surface area contributed by atoms with Gasteiger partial charge in [0.25, 0.3) is 11.6 Å². The van der Waals surface area contributed by atoms with Gasteiger partial charge in [0.15, 0.2) is 0 Å². The lowest BCUT2D eigenvalue weighted by Gasteiger charge is -2.16. The van der Waals surface area contributed by atoms with Gasteiger partial charge in [-0.2, -0.15) is 13.2 Å². The van der Waals surface area contributed by atoms with E-state index in [9.17, 15) is 32.9 Å². The number of benzene rings is 2. The molecule has 1 atom stereocenters. The fraction of sp³-hybridized carbons (Fsp3) is 0.176. The highest BCUT2D eigenvalue weighted by atomic mass is 19.4. The lowest BCUT2D eigenvalue weighted by molar-refractivity contribution is -0.384. The van der Waals surface area contributed by atoms with Crippen molar-refractivity contribution in [3.63, 3.8) is 0 Å². The van der Waals surface area contributed by atoms with Gasteiger partial charge >= 0.3 is 6.18 Å². The molecule has 2 aromatic rings. The Morgan fingerprint density at radius 3 is 2.07 bits per heavy atom. The second kappa shape index (κ2) is 7.85. The number of halogens is 3. The van der Waals surface area contributed by atoms with Crippen LogP contribution in [0.1, 0.15) is 21.5 Å². The summed E-state index contributed by atoms with van der Waals surface area (Å²) < 4.78 is 37.7. The molecule has 0 bridgehead atoms. The Balaban J connectivity index is 2.10. The number of rotatable bonds is 6. The third-order valence-electron chi connectivity index (χ3n) is 3.71. The Labute approximate surface area is 151 Å². The van der Waals surface area contributed by atoms with Gasteiger partial charge in [-0.15, -0.1) is 0 Å². The normalized spacial score (nSPS) is 12.3. The Bertz CT molecular complexity index is 849. The van der Waals surface area contributed by atoms with E-state index in [1.807, 2.05) is 0 Å². The lowest BCUT2D eigenvalue weighted by atomic mass is 10.0. The molecule has 0 radical (unpaired) electrons. The zero-order chi connectivity index (χ0) is 20.2. The number of carbonyl (C=O) groups excluding carboxylic acids is 2. The van der Waals surface area contributed by atoms with E-state index in [-0.39, 0.29) is 17.7 Å². The molecule has 7 nitrogen and oxygen atoms in total. The van der Waals surface area contributed by atoms with Crippen LogP contribution in [-0.4, -0.2) is 22.8 Å². The number of nitro benzene ring substituents is 1. The minimum absolute atomic E-state index is 0.0281. The summed E-state index contributed by atoms with van der Waals surface area (Å²) in [4.78, 5) is 33.8. The number of non-ortho nitro benzene ring substituents is 1. The molecule has 0 aliphatic carbocycles. The van der Waals surface area contributed by atoms with Gasteiger partial charge in [-0.25, -0.2) is 0 Å². The maximum absolute atomic E-state index is 12.6. The number of primary amides is 1. The third-order valence-corrected chi connectivity index (χ3v) is 3.71. The van der Waals surface area contributed by atoms with Crippen molar-refractivity contribution in [3.8, 4) is 0 Å². The molecule has 0 unspecified atom stereocenters. The highest BCUT2D eigenvalue weighted by Gasteiger charge is 2.30. The van der Waals surface area contributed by atoms with Crippen molar-refractivity contribution in [1.29, 1.82) is 0 Å². The highest BCUT2D eigenvalue weighted by Crippen LogP contribution is 2.29.